The molecule has 0 aromatic heterocycles. The molecule has 0 N–H and O–H groups in total. The second-order valence-corrected chi connectivity index (χ2v) is 6.23. The van der Waals surface area contributed by atoms with Crippen molar-refractivity contribution in [1.29, 1.82) is 0 Å². The third kappa shape index (κ3) is 2.87. The highest BCUT2D eigenvalue weighted by atomic mass is 79.9. The number of nitrogens with zero attached hydrogens (tertiary/aromatic N) is 2. The van der Waals surface area contributed by atoms with E-state index in [1.165, 1.54) is 19.2 Å². The Morgan fingerprint density at radius 1 is 1.56 bits per heavy atom. The Labute approximate surface area is 113 Å². The lowest BCUT2D eigenvalue weighted by Gasteiger charge is -2.14. The fourth-order valence-corrected chi connectivity index (χ4v) is 2.98. The second kappa shape index (κ2) is 5.48. The van der Waals surface area contributed by atoms with E-state index in [0.29, 0.717) is 0 Å². The molecule has 96 valence electrons. The Morgan fingerprint density at radius 3 is 2.61 bits per heavy atom. The van der Waals surface area contributed by atoms with Gasteiger partial charge in [-0.25, -0.2) is 8.42 Å². The topological polar surface area (TPSA) is 80.5 Å². The molecule has 0 fully saturated rings. The van der Waals surface area contributed by atoms with Crippen LogP contribution in [-0.4, -0.2) is 31.2 Å². The van der Waals surface area contributed by atoms with Gasteiger partial charge >= 0.3 is 0 Å². The van der Waals surface area contributed by atoms with E-state index in [-0.39, 0.29) is 21.6 Å². The molecule has 0 aliphatic heterocycles. The van der Waals surface area contributed by atoms with Gasteiger partial charge in [-0.3, -0.25) is 10.1 Å². The zero-order valence-electron chi connectivity index (χ0n) is 9.33. The van der Waals surface area contributed by atoms with Crippen LogP contribution in [0.25, 0.3) is 0 Å². The number of benzene rings is 1. The number of terminal acetylenes is 1. The van der Waals surface area contributed by atoms with Gasteiger partial charge in [-0.15, -0.1) is 6.42 Å². The average Bonchev–Trinajstić information content (AvgIpc) is 2.28. The first-order valence-corrected chi connectivity index (χ1v) is 6.87. The van der Waals surface area contributed by atoms with Gasteiger partial charge in [0.2, 0.25) is 10.0 Å². The number of halogens is 1. The van der Waals surface area contributed by atoms with Gasteiger partial charge in [0.05, 0.1) is 20.8 Å². The van der Waals surface area contributed by atoms with Crippen molar-refractivity contribution in [1.82, 2.24) is 4.31 Å². The van der Waals surface area contributed by atoms with Crippen LogP contribution in [-0.2, 0) is 10.0 Å². The summed E-state index contributed by atoms with van der Waals surface area (Å²) in [5.41, 5.74) is -0.200. The predicted molar refractivity (Wildman–Crippen MR) is 69.4 cm³/mol. The second-order valence-electron chi connectivity index (χ2n) is 3.34. The first-order chi connectivity index (χ1) is 8.30. The zero-order chi connectivity index (χ0) is 13.9. The van der Waals surface area contributed by atoms with Crippen molar-refractivity contribution in [2.24, 2.45) is 0 Å². The van der Waals surface area contributed by atoms with Gasteiger partial charge in [-0.05, 0) is 28.1 Å². The average molecular weight is 333 g/mol. The minimum Gasteiger partial charge on any atom is -0.258 e. The Balaban J connectivity index is 3.24. The summed E-state index contributed by atoms with van der Waals surface area (Å²) in [6, 6.07) is 3.48. The molecule has 1 rings (SSSR count). The maximum Gasteiger partial charge on any atom is 0.283 e. The molecule has 18 heavy (non-hydrogen) atoms. The normalized spacial score (nSPS) is 11.2. The van der Waals surface area contributed by atoms with Crippen LogP contribution in [0.3, 0.4) is 0 Å². The summed E-state index contributed by atoms with van der Waals surface area (Å²) in [5, 5.41) is 10.6. The van der Waals surface area contributed by atoms with Gasteiger partial charge in [-0.1, -0.05) is 5.92 Å². The number of nitro benzene ring substituents is 1. The van der Waals surface area contributed by atoms with Crippen molar-refractivity contribution in [3.8, 4) is 12.3 Å². The van der Waals surface area contributed by atoms with Crippen molar-refractivity contribution in [2.75, 3.05) is 13.6 Å². The Bertz CT molecular complexity index is 621. The van der Waals surface area contributed by atoms with E-state index in [9.17, 15) is 18.5 Å². The molecule has 0 heterocycles. The van der Waals surface area contributed by atoms with Crippen molar-refractivity contribution >= 4 is 31.6 Å². The lowest BCUT2D eigenvalue weighted by molar-refractivity contribution is -0.385. The van der Waals surface area contributed by atoms with Crippen LogP contribution in [0.1, 0.15) is 0 Å². The smallest absolute Gasteiger partial charge is 0.258 e. The van der Waals surface area contributed by atoms with Crippen LogP contribution in [0, 0.1) is 22.5 Å². The number of hydrogen-bond donors (Lipinski definition) is 0. The maximum absolute atomic E-state index is 12.0. The Hall–Kier alpha value is -1.43. The lowest BCUT2D eigenvalue weighted by Crippen LogP contribution is -2.27. The van der Waals surface area contributed by atoms with Gasteiger partial charge < -0.3 is 0 Å². The van der Waals surface area contributed by atoms with E-state index < -0.39 is 14.9 Å². The molecular weight excluding hydrogens is 324 g/mol. The first kappa shape index (κ1) is 14.6. The SMILES string of the molecule is C#CCN(C)S(=O)(=O)c1ccc([N+](=O)[O-])c(Br)c1. The van der Waals surface area contributed by atoms with Crippen LogP contribution >= 0.6 is 15.9 Å². The van der Waals surface area contributed by atoms with Crippen molar-refractivity contribution in [3.63, 3.8) is 0 Å². The number of sulfonamides is 1. The van der Waals surface area contributed by atoms with Gasteiger partial charge in [-0.2, -0.15) is 4.31 Å². The molecule has 0 saturated heterocycles. The van der Waals surface area contributed by atoms with E-state index in [2.05, 4.69) is 21.9 Å². The molecule has 0 bridgehead atoms. The summed E-state index contributed by atoms with van der Waals surface area (Å²) in [4.78, 5) is 9.95. The van der Waals surface area contributed by atoms with Crippen LogP contribution in [0.4, 0.5) is 5.69 Å². The fourth-order valence-electron chi connectivity index (χ4n) is 1.19. The largest absolute Gasteiger partial charge is 0.283 e. The zero-order valence-corrected chi connectivity index (χ0v) is 11.7. The lowest BCUT2D eigenvalue weighted by atomic mass is 10.3. The van der Waals surface area contributed by atoms with Crippen molar-refractivity contribution in [3.05, 3.63) is 32.8 Å². The molecule has 0 aliphatic rings. The minimum atomic E-state index is -3.73. The van der Waals surface area contributed by atoms with Crippen LogP contribution < -0.4 is 0 Å². The van der Waals surface area contributed by atoms with Crippen LogP contribution in [0.15, 0.2) is 27.6 Å². The minimum absolute atomic E-state index is 0.0577. The van der Waals surface area contributed by atoms with Gasteiger partial charge in [0.1, 0.15) is 0 Å². The van der Waals surface area contributed by atoms with Crippen molar-refractivity contribution in [2.45, 2.75) is 4.90 Å². The molecule has 0 spiro atoms. The molecule has 1 aromatic carbocycles. The quantitative estimate of drug-likeness (QED) is 0.476. The molecule has 0 amide bonds. The number of hydrogen-bond acceptors (Lipinski definition) is 4. The number of rotatable bonds is 4. The summed E-state index contributed by atoms with van der Waals surface area (Å²) in [5.74, 6) is 2.21. The number of nitro groups is 1. The van der Waals surface area contributed by atoms with E-state index in [4.69, 9.17) is 6.42 Å². The fraction of sp³-hybridized carbons (Fsp3) is 0.200. The maximum atomic E-state index is 12.0. The highest BCUT2D eigenvalue weighted by molar-refractivity contribution is 9.10. The monoisotopic (exact) mass is 332 g/mol. The molecule has 0 saturated carbocycles. The third-order valence-corrected chi connectivity index (χ3v) is 4.57. The van der Waals surface area contributed by atoms with E-state index >= 15 is 0 Å². The highest BCUT2D eigenvalue weighted by Gasteiger charge is 2.22. The van der Waals surface area contributed by atoms with Crippen LogP contribution in [0.5, 0.6) is 0 Å². The van der Waals surface area contributed by atoms with E-state index in [1.54, 1.807) is 0 Å². The van der Waals surface area contributed by atoms with Crippen LogP contribution in [0.2, 0.25) is 0 Å². The summed E-state index contributed by atoms with van der Waals surface area (Å²) < 4.78 is 25.1. The van der Waals surface area contributed by atoms with Crippen molar-refractivity contribution < 1.29 is 13.3 Å². The Morgan fingerprint density at radius 2 is 2.17 bits per heavy atom. The third-order valence-electron chi connectivity index (χ3n) is 2.14. The summed E-state index contributed by atoms with van der Waals surface area (Å²) in [7, 11) is -2.39. The predicted octanol–water partition coefficient (Wildman–Crippen LogP) is 1.61. The summed E-state index contributed by atoms with van der Waals surface area (Å²) in [6.45, 7) is -0.0725. The molecule has 0 aliphatic carbocycles. The first-order valence-electron chi connectivity index (χ1n) is 4.64. The van der Waals surface area contributed by atoms with Gasteiger partial charge in [0.15, 0.2) is 0 Å². The van der Waals surface area contributed by atoms with Gasteiger partial charge in [0, 0.05) is 13.1 Å². The van der Waals surface area contributed by atoms with E-state index in [0.717, 1.165) is 10.4 Å². The van der Waals surface area contributed by atoms with E-state index in [1.807, 2.05) is 0 Å². The standard InChI is InChI=1S/C10H9BrN2O4S/c1-3-6-12(2)18(16,17)8-4-5-10(13(14)15)9(11)7-8/h1,4-5,7H,6H2,2H3. The molecule has 0 unspecified atom stereocenters. The molecule has 1 aromatic rings. The summed E-state index contributed by atoms with van der Waals surface area (Å²) in [6.07, 6.45) is 5.04. The molecule has 0 radical (unpaired) electrons. The Kier molecular flexibility index (Phi) is 4.45. The molecular formula is C10H9BrN2O4S. The molecule has 8 heteroatoms. The molecule has 0 atom stereocenters. The summed E-state index contributed by atoms with van der Waals surface area (Å²) >= 11 is 2.96. The molecule has 6 nitrogen and oxygen atoms in total. The van der Waals surface area contributed by atoms with Gasteiger partial charge in [0.25, 0.3) is 5.69 Å². The highest BCUT2D eigenvalue weighted by Crippen LogP contribution is 2.28.